The van der Waals surface area contributed by atoms with Crippen LogP contribution in [0.1, 0.15) is 68.5 Å². The van der Waals surface area contributed by atoms with Gasteiger partial charge in [-0.1, -0.05) is 48.7 Å². The number of piperidine rings is 1. The molecule has 0 bridgehead atoms. The number of hydrogen-bond acceptors (Lipinski definition) is 4. The van der Waals surface area contributed by atoms with Crippen LogP contribution in [-0.4, -0.2) is 52.8 Å². The minimum Gasteiger partial charge on any atom is -0.349 e. The van der Waals surface area contributed by atoms with Gasteiger partial charge in [0, 0.05) is 43.0 Å². The van der Waals surface area contributed by atoms with E-state index in [1.54, 1.807) is 6.20 Å². The average Bonchev–Trinajstić information content (AvgIpc) is 3.54. The van der Waals surface area contributed by atoms with Crippen LogP contribution in [0.25, 0.3) is 0 Å². The van der Waals surface area contributed by atoms with Gasteiger partial charge in [0.1, 0.15) is 0 Å². The van der Waals surface area contributed by atoms with Crippen LogP contribution in [-0.2, 0) is 16.1 Å². The number of benzene rings is 1. The van der Waals surface area contributed by atoms with Crippen molar-refractivity contribution >= 4 is 48.2 Å². The van der Waals surface area contributed by atoms with Crippen LogP contribution in [0.5, 0.6) is 0 Å². The number of rotatable bonds is 8. The molecule has 1 aliphatic carbocycles. The lowest BCUT2D eigenvalue weighted by molar-refractivity contribution is -0.139. The lowest BCUT2D eigenvalue weighted by Gasteiger charge is -2.38. The summed E-state index contributed by atoms with van der Waals surface area (Å²) in [6.45, 7) is 4.19. The van der Waals surface area contributed by atoms with Gasteiger partial charge in [0.15, 0.2) is 0 Å². The number of hydrogen-bond donors (Lipinski definition) is 1. The van der Waals surface area contributed by atoms with E-state index in [1.807, 2.05) is 47.5 Å². The summed E-state index contributed by atoms with van der Waals surface area (Å²) in [6.07, 6.45) is 11.4. The summed E-state index contributed by atoms with van der Waals surface area (Å²) in [7, 11) is 0. The third kappa shape index (κ3) is 7.01. The van der Waals surface area contributed by atoms with Gasteiger partial charge in [-0.15, -0.1) is 24.8 Å². The quantitative estimate of drug-likeness (QED) is 0.426. The Morgan fingerprint density at radius 3 is 2.45 bits per heavy atom. The smallest absolute Gasteiger partial charge is 0.229 e. The maximum absolute atomic E-state index is 13.4. The predicted octanol–water partition coefficient (Wildman–Crippen LogP) is 5.83. The van der Waals surface area contributed by atoms with Crippen LogP contribution in [0.4, 0.5) is 0 Å². The minimum absolute atomic E-state index is 0. The van der Waals surface area contributed by atoms with Gasteiger partial charge < -0.3 is 15.1 Å². The van der Waals surface area contributed by atoms with Gasteiger partial charge in [-0.25, -0.2) is 0 Å². The van der Waals surface area contributed by atoms with Gasteiger partial charge in [-0.05, 0) is 74.9 Å². The molecular weight excluding hydrogens is 543 g/mol. The van der Waals surface area contributed by atoms with Crippen molar-refractivity contribution in [1.82, 2.24) is 20.1 Å². The van der Waals surface area contributed by atoms with Crippen LogP contribution >= 0.6 is 36.4 Å². The molecule has 2 amide bonds. The van der Waals surface area contributed by atoms with Crippen LogP contribution < -0.4 is 5.32 Å². The van der Waals surface area contributed by atoms with Gasteiger partial charge in [-0.3, -0.25) is 14.6 Å². The molecule has 1 aromatic heterocycles. The van der Waals surface area contributed by atoms with Crippen molar-refractivity contribution in [2.45, 2.75) is 64.0 Å². The van der Waals surface area contributed by atoms with E-state index in [-0.39, 0.29) is 48.1 Å². The highest BCUT2D eigenvalue weighted by Gasteiger charge is 2.47. The van der Waals surface area contributed by atoms with Gasteiger partial charge >= 0.3 is 0 Å². The summed E-state index contributed by atoms with van der Waals surface area (Å²) in [5.74, 6) is 0.608. The number of amides is 2. The van der Waals surface area contributed by atoms with Crippen molar-refractivity contribution in [1.29, 1.82) is 0 Å². The Bertz CT molecular complexity index is 1060. The summed E-state index contributed by atoms with van der Waals surface area (Å²) in [5.41, 5.74) is 1.87. The van der Waals surface area contributed by atoms with E-state index in [4.69, 9.17) is 11.6 Å². The summed E-state index contributed by atoms with van der Waals surface area (Å²) >= 11 is 6.54. The minimum atomic E-state index is -0.211. The molecule has 9 heteroatoms. The third-order valence-electron chi connectivity index (χ3n) is 8.57. The number of carbonyl (C=O) groups is 2. The van der Waals surface area contributed by atoms with Gasteiger partial charge in [0.2, 0.25) is 11.8 Å². The lowest BCUT2D eigenvalue weighted by Crippen LogP contribution is -2.45. The average molecular weight is 582 g/mol. The summed E-state index contributed by atoms with van der Waals surface area (Å²) in [4.78, 5) is 35.0. The highest BCUT2D eigenvalue weighted by molar-refractivity contribution is 6.31. The normalized spacial score (nSPS) is 20.1. The molecule has 1 saturated carbocycles. The molecule has 1 unspecified atom stereocenters. The second kappa shape index (κ2) is 14.0. The molecule has 38 heavy (non-hydrogen) atoms. The van der Waals surface area contributed by atoms with Crippen LogP contribution in [0.2, 0.25) is 5.02 Å². The molecule has 5 rings (SSSR count). The highest BCUT2D eigenvalue weighted by atomic mass is 35.5. The highest BCUT2D eigenvalue weighted by Crippen LogP contribution is 2.42. The molecule has 2 saturated heterocycles. The topological polar surface area (TPSA) is 65.5 Å². The van der Waals surface area contributed by atoms with E-state index in [2.05, 4.69) is 15.2 Å². The first kappa shape index (κ1) is 30.7. The van der Waals surface area contributed by atoms with E-state index >= 15 is 0 Å². The van der Waals surface area contributed by atoms with Crippen molar-refractivity contribution < 1.29 is 9.59 Å². The molecule has 2 aliphatic heterocycles. The molecule has 3 fully saturated rings. The summed E-state index contributed by atoms with van der Waals surface area (Å²) in [5, 5.41) is 4.03. The van der Waals surface area contributed by atoms with Gasteiger partial charge in [0.05, 0.1) is 11.5 Å². The van der Waals surface area contributed by atoms with Crippen molar-refractivity contribution in [2.75, 3.05) is 26.2 Å². The number of aromatic nitrogens is 1. The number of nitrogens with one attached hydrogen (secondary N) is 1. The Morgan fingerprint density at radius 1 is 1.05 bits per heavy atom. The second-order valence-electron chi connectivity index (χ2n) is 10.8. The lowest BCUT2D eigenvalue weighted by atomic mass is 9.77. The predicted molar refractivity (Wildman–Crippen MR) is 156 cm³/mol. The van der Waals surface area contributed by atoms with Gasteiger partial charge in [-0.2, -0.15) is 0 Å². The molecule has 208 valence electrons. The van der Waals surface area contributed by atoms with E-state index in [9.17, 15) is 9.59 Å². The number of pyridine rings is 1. The van der Waals surface area contributed by atoms with Crippen molar-refractivity contribution in [2.24, 2.45) is 11.3 Å². The number of halogens is 3. The molecule has 1 atom stereocenters. The molecule has 0 radical (unpaired) electrons. The fraction of sp³-hybridized carbons (Fsp3) is 0.552. The summed E-state index contributed by atoms with van der Waals surface area (Å²) < 4.78 is 0. The van der Waals surface area contributed by atoms with Gasteiger partial charge in [0.25, 0.3) is 0 Å². The summed E-state index contributed by atoms with van der Waals surface area (Å²) in [6, 6.07) is 11.7. The zero-order valence-electron chi connectivity index (χ0n) is 21.8. The maximum atomic E-state index is 13.4. The third-order valence-corrected chi connectivity index (χ3v) is 8.91. The van der Waals surface area contributed by atoms with Crippen LogP contribution in [0, 0.1) is 11.3 Å². The monoisotopic (exact) mass is 580 g/mol. The molecule has 1 aromatic carbocycles. The number of nitrogens with zero attached hydrogens (tertiary/aromatic N) is 3. The largest absolute Gasteiger partial charge is 0.349 e. The molecule has 1 N–H and O–H groups in total. The first-order valence-corrected chi connectivity index (χ1v) is 13.9. The Kier molecular flexibility index (Phi) is 11.3. The fourth-order valence-electron chi connectivity index (χ4n) is 6.28. The zero-order chi connectivity index (χ0) is 25.0. The van der Waals surface area contributed by atoms with Crippen molar-refractivity contribution in [3.05, 3.63) is 64.9 Å². The zero-order valence-corrected chi connectivity index (χ0v) is 24.2. The molecule has 3 heterocycles. The van der Waals surface area contributed by atoms with Crippen LogP contribution in [0.15, 0.2) is 48.8 Å². The fourth-order valence-corrected chi connectivity index (χ4v) is 6.54. The van der Waals surface area contributed by atoms with Crippen molar-refractivity contribution in [3.63, 3.8) is 0 Å². The standard InChI is InChI=1S/C29H37ClN4O2.2ClH/c30-25-10-4-3-9-24(25)26(32-27(35)23-7-1-2-8-23)11-16-33-17-12-29(13-18-33)14-19-34(28(29)36)21-22-6-5-15-31-20-22;;/h3-6,9-10,15,20,23,26H,1-2,7-8,11-14,16-19,21H2,(H,32,35);2*1H. The van der Waals surface area contributed by atoms with E-state index < -0.39 is 0 Å². The molecule has 3 aliphatic rings. The first-order chi connectivity index (χ1) is 17.5. The molecule has 2 aromatic rings. The number of carbonyl (C=O) groups excluding carboxylic acids is 2. The van der Waals surface area contributed by atoms with Crippen molar-refractivity contribution in [3.8, 4) is 0 Å². The Labute approximate surface area is 243 Å². The van der Waals surface area contributed by atoms with Crippen LogP contribution in [0.3, 0.4) is 0 Å². The number of likely N-dealkylation sites (tertiary alicyclic amines) is 2. The molecule has 6 nitrogen and oxygen atoms in total. The van der Waals surface area contributed by atoms with E-state index in [1.165, 1.54) is 0 Å². The second-order valence-corrected chi connectivity index (χ2v) is 11.2. The van der Waals surface area contributed by atoms with E-state index in [0.29, 0.717) is 17.5 Å². The molecule has 1 spiro atoms. The Balaban J connectivity index is 0.00000200. The maximum Gasteiger partial charge on any atom is 0.229 e. The van der Waals surface area contributed by atoms with E-state index in [0.717, 1.165) is 88.7 Å². The SMILES string of the molecule is Cl.Cl.O=C(NC(CCN1CCC2(CC1)CCN(Cc1cccnc1)C2=O)c1ccccc1Cl)C1CCCC1. The Morgan fingerprint density at radius 2 is 1.76 bits per heavy atom. The first-order valence-electron chi connectivity index (χ1n) is 13.5. The molecular formula is C29H39Cl3N4O2. The Hall–Kier alpha value is -1.86.